The number of carbonyl (C=O) groups is 2. The molecule has 0 aliphatic rings. The maximum atomic E-state index is 11.4. The SMILES string of the molecule is COC(=O)c1ccc(-c2ccccc2CC=O)cc1. The van der Waals surface area contributed by atoms with Gasteiger partial charge in [-0.15, -0.1) is 0 Å². The van der Waals surface area contributed by atoms with E-state index in [0.29, 0.717) is 12.0 Å². The minimum atomic E-state index is -0.354. The molecular formula is C16H14O3. The molecule has 0 atom stereocenters. The molecule has 2 aromatic rings. The molecule has 0 amide bonds. The van der Waals surface area contributed by atoms with Gasteiger partial charge in [0, 0.05) is 6.42 Å². The molecule has 0 saturated heterocycles. The summed E-state index contributed by atoms with van der Waals surface area (Å²) in [5, 5.41) is 0. The number of carbonyl (C=O) groups excluding carboxylic acids is 2. The van der Waals surface area contributed by atoms with Crippen LogP contribution in [0.1, 0.15) is 15.9 Å². The summed E-state index contributed by atoms with van der Waals surface area (Å²) in [5.41, 5.74) is 3.47. The van der Waals surface area contributed by atoms with E-state index >= 15 is 0 Å². The number of hydrogen-bond acceptors (Lipinski definition) is 3. The lowest BCUT2D eigenvalue weighted by atomic mass is 9.97. The molecule has 3 nitrogen and oxygen atoms in total. The van der Waals surface area contributed by atoms with E-state index in [1.807, 2.05) is 36.4 Å². The van der Waals surface area contributed by atoms with Gasteiger partial charge in [0.25, 0.3) is 0 Å². The van der Waals surface area contributed by atoms with Crippen LogP contribution < -0.4 is 0 Å². The van der Waals surface area contributed by atoms with Crippen molar-refractivity contribution in [3.8, 4) is 11.1 Å². The van der Waals surface area contributed by atoms with Gasteiger partial charge in [0.15, 0.2) is 0 Å². The number of benzene rings is 2. The highest BCUT2D eigenvalue weighted by Crippen LogP contribution is 2.24. The van der Waals surface area contributed by atoms with Crippen molar-refractivity contribution in [1.82, 2.24) is 0 Å². The zero-order valence-electron chi connectivity index (χ0n) is 10.6. The van der Waals surface area contributed by atoms with E-state index in [1.165, 1.54) is 7.11 Å². The number of esters is 1. The van der Waals surface area contributed by atoms with Crippen molar-refractivity contribution in [1.29, 1.82) is 0 Å². The van der Waals surface area contributed by atoms with Crippen LogP contribution in [0.15, 0.2) is 48.5 Å². The molecule has 2 rings (SSSR count). The van der Waals surface area contributed by atoms with E-state index in [9.17, 15) is 9.59 Å². The fourth-order valence-electron chi connectivity index (χ4n) is 1.97. The summed E-state index contributed by atoms with van der Waals surface area (Å²) in [6.07, 6.45) is 1.27. The first kappa shape index (κ1) is 13.0. The largest absolute Gasteiger partial charge is 0.465 e. The highest BCUT2D eigenvalue weighted by atomic mass is 16.5. The highest BCUT2D eigenvalue weighted by Gasteiger charge is 2.07. The summed E-state index contributed by atoms with van der Waals surface area (Å²) in [6.45, 7) is 0. The Morgan fingerprint density at radius 2 is 1.79 bits per heavy atom. The van der Waals surface area contributed by atoms with Crippen LogP contribution in [0.5, 0.6) is 0 Å². The molecule has 0 bridgehead atoms. The van der Waals surface area contributed by atoms with E-state index in [-0.39, 0.29) is 5.97 Å². The summed E-state index contributed by atoms with van der Waals surface area (Å²) in [7, 11) is 1.36. The first-order valence-electron chi connectivity index (χ1n) is 5.96. The van der Waals surface area contributed by atoms with Crippen LogP contribution in [0.25, 0.3) is 11.1 Å². The lowest BCUT2D eigenvalue weighted by Gasteiger charge is -2.08. The molecular weight excluding hydrogens is 240 g/mol. The molecule has 0 fully saturated rings. The predicted molar refractivity (Wildman–Crippen MR) is 73.0 cm³/mol. The molecule has 2 aromatic carbocycles. The van der Waals surface area contributed by atoms with Crippen molar-refractivity contribution in [3.05, 3.63) is 59.7 Å². The fourth-order valence-corrected chi connectivity index (χ4v) is 1.97. The van der Waals surface area contributed by atoms with Gasteiger partial charge in [0.2, 0.25) is 0 Å². The van der Waals surface area contributed by atoms with Gasteiger partial charge in [-0.25, -0.2) is 4.79 Å². The average molecular weight is 254 g/mol. The van der Waals surface area contributed by atoms with Gasteiger partial charge >= 0.3 is 5.97 Å². The molecule has 0 N–H and O–H groups in total. The zero-order chi connectivity index (χ0) is 13.7. The van der Waals surface area contributed by atoms with Crippen LogP contribution in [0.3, 0.4) is 0 Å². The minimum absolute atomic E-state index is 0.354. The van der Waals surface area contributed by atoms with Crippen molar-refractivity contribution in [3.63, 3.8) is 0 Å². The van der Waals surface area contributed by atoms with Gasteiger partial charge in [-0.3, -0.25) is 0 Å². The molecule has 96 valence electrons. The van der Waals surface area contributed by atoms with E-state index < -0.39 is 0 Å². The molecule has 0 aliphatic heterocycles. The van der Waals surface area contributed by atoms with Gasteiger partial charge < -0.3 is 9.53 Å². The molecule has 0 saturated carbocycles. The molecule has 0 aliphatic carbocycles. The van der Waals surface area contributed by atoms with E-state index in [4.69, 9.17) is 0 Å². The van der Waals surface area contributed by atoms with Gasteiger partial charge in [0.05, 0.1) is 12.7 Å². The monoisotopic (exact) mass is 254 g/mol. The van der Waals surface area contributed by atoms with Gasteiger partial charge in [-0.1, -0.05) is 36.4 Å². The van der Waals surface area contributed by atoms with Gasteiger partial charge in [0.1, 0.15) is 6.29 Å². The lowest BCUT2D eigenvalue weighted by molar-refractivity contribution is -0.107. The second-order valence-corrected chi connectivity index (χ2v) is 4.10. The Morgan fingerprint density at radius 1 is 1.11 bits per heavy atom. The predicted octanol–water partition coefficient (Wildman–Crippen LogP) is 2.88. The van der Waals surface area contributed by atoms with Gasteiger partial charge in [-0.2, -0.15) is 0 Å². The van der Waals surface area contributed by atoms with Crippen LogP contribution >= 0.6 is 0 Å². The Morgan fingerprint density at radius 3 is 2.42 bits per heavy atom. The maximum Gasteiger partial charge on any atom is 0.337 e. The topological polar surface area (TPSA) is 43.4 Å². The normalized spacial score (nSPS) is 9.95. The molecule has 19 heavy (non-hydrogen) atoms. The summed E-state index contributed by atoms with van der Waals surface area (Å²) < 4.78 is 4.66. The first-order chi connectivity index (χ1) is 9.26. The molecule has 0 aromatic heterocycles. The maximum absolute atomic E-state index is 11.4. The summed E-state index contributed by atoms with van der Waals surface area (Å²) in [5.74, 6) is -0.354. The molecule has 0 unspecified atom stereocenters. The third-order valence-corrected chi connectivity index (χ3v) is 2.94. The van der Waals surface area contributed by atoms with Crippen LogP contribution in [-0.4, -0.2) is 19.4 Å². The second-order valence-electron chi connectivity index (χ2n) is 4.10. The van der Waals surface area contributed by atoms with Crippen molar-refractivity contribution < 1.29 is 14.3 Å². The molecule has 0 radical (unpaired) electrons. The zero-order valence-corrected chi connectivity index (χ0v) is 10.6. The Kier molecular flexibility index (Phi) is 4.08. The third kappa shape index (κ3) is 2.88. The quantitative estimate of drug-likeness (QED) is 0.622. The van der Waals surface area contributed by atoms with Crippen molar-refractivity contribution in [2.75, 3.05) is 7.11 Å². The number of hydrogen-bond donors (Lipinski definition) is 0. The highest BCUT2D eigenvalue weighted by molar-refractivity contribution is 5.90. The standard InChI is InChI=1S/C16H14O3/c1-19-16(18)14-8-6-13(7-9-14)15-5-3-2-4-12(15)10-11-17/h2-9,11H,10H2,1H3. The van der Waals surface area contributed by atoms with Crippen LogP contribution in [0.4, 0.5) is 0 Å². The Hall–Kier alpha value is -2.42. The molecule has 0 spiro atoms. The van der Waals surface area contributed by atoms with Crippen molar-refractivity contribution in [2.45, 2.75) is 6.42 Å². The van der Waals surface area contributed by atoms with E-state index in [1.54, 1.807) is 12.1 Å². The van der Waals surface area contributed by atoms with Crippen molar-refractivity contribution >= 4 is 12.3 Å². The number of ether oxygens (including phenoxy) is 1. The van der Waals surface area contributed by atoms with Gasteiger partial charge in [-0.05, 0) is 28.8 Å². The first-order valence-corrected chi connectivity index (χ1v) is 5.96. The second kappa shape index (κ2) is 5.96. The summed E-state index contributed by atoms with van der Waals surface area (Å²) in [6, 6.07) is 14.9. The summed E-state index contributed by atoms with van der Waals surface area (Å²) >= 11 is 0. The number of aldehydes is 1. The fraction of sp³-hybridized carbons (Fsp3) is 0.125. The van der Waals surface area contributed by atoms with E-state index in [0.717, 1.165) is 23.0 Å². The smallest absolute Gasteiger partial charge is 0.337 e. The Balaban J connectivity index is 2.37. The molecule has 0 heterocycles. The van der Waals surface area contributed by atoms with Crippen LogP contribution in [0, 0.1) is 0 Å². The molecule has 3 heteroatoms. The van der Waals surface area contributed by atoms with Crippen molar-refractivity contribution in [2.24, 2.45) is 0 Å². The Bertz CT molecular complexity index is 585. The average Bonchev–Trinajstić information content (AvgIpc) is 2.47. The number of methoxy groups -OCH3 is 1. The third-order valence-electron chi connectivity index (χ3n) is 2.94. The van der Waals surface area contributed by atoms with Crippen LogP contribution in [0.2, 0.25) is 0 Å². The summed E-state index contributed by atoms with van der Waals surface area (Å²) in [4.78, 5) is 22.0. The number of rotatable bonds is 4. The lowest BCUT2D eigenvalue weighted by Crippen LogP contribution is -2.00. The van der Waals surface area contributed by atoms with Crippen LogP contribution in [-0.2, 0) is 16.0 Å². The minimum Gasteiger partial charge on any atom is -0.465 e. The van der Waals surface area contributed by atoms with E-state index in [2.05, 4.69) is 4.74 Å². The Labute approximate surface area is 111 Å².